The van der Waals surface area contributed by atoms with Crippen LogP contribution in [-0.2, 0) is 4.79 Å². The van der Waals surface area contributed by atoms with Crippen LogP contribution in [0.5, 0.6) is 11.5 Å². The summed E-state index contributed by atoms with van der Waals surface area (Å²) in [4.78, 5) is 12.2. The molecule has 1 saturated heterocycles. The number of piperidine rings is 1. The van der Waals surface area contributed by atoms with Gasteiger partial charge < -0.3 is 14.8 Å². The summed E-state index contributed by atoms with van der Waals surface area (Å²) in [5.74, 6) is 0.937. The molecule has 0 aliphatic carbocycles. The minimum Gasteiger partial charge on any atom is -0.482 e. The number of benzene rings is 2. The highest BCUT2D eigenvalue weighted by atomic mass is 16.6. The summed E-state index contributed by atoms with van der Waals surface area (Å²) in [6.07, 6.45) is 7.89. The van der Waals surface area contributed by atoms with Crippen LogP contribution < -0.4 is 14.8 Å². The standard InChI is InChI=1S/C25H33NO3/c1-2-3-5-17-25(27)29-23-16-9-8-15-22(23)28-24(20-12-6-4-7-13-20)19-21-14-10-11-18-26-21/h4,6-9,12-13,15-16,21,24,26H,2-3,5,10-11,14,17-19H2,1H3. The fourth-order valence-corrected chi connectivity index (χ4v) is 3.78. The lowest BCUT2D eigenvalue weighted by Gasteiger charge is -2.29. The second-order valence-electron chi connectivity index (χ2n) is 7.78. The molecule has 2 aromatic rings. The first-order valence-electron chi connectivity index (χ1n) is 11.0. The van der Waals surface area contributed by atoms with Crippen LogP contribution in [0.25, 0.3) is 0 Å². The highest BCUT2D eigenvalue weighted by Crippen LogP contribution is 2.34. The molecule has 2 unspecified atom stereocenters. The Hall–Kier alpha value is -2.33. The van der Waals surface area contributed by atoms with Gasteiger partial charge in [-0.3, -0.25) is 4.79 Å². The lowest BCUT2D eigenvalue weighted by Crippen LogP contribution is -2.36. The molecule has 0 radical (unpaired) electrons. The Morgan fingerprint density at radius 2 is 1.79 bits per heavy atom. The Kier molecular flexibility index (Phi) is 8.57. The molecule has 4 heteroatoms. The minimum absolute atomic E-state index is 0.0910. The lowest BCUT2D eigenvalue weighted by atomic mass is 9.96. The largest absolute Gasteiger partial charge is 0.482 e. The Balaban J connectivity index is 1.72. The van der Waals surface area contributed by atoms with E-state index in [1.807, 2.05) is 42.5 Å². The Bertz CT molecular complexity index is 741. The van der Waals surface area contributed by atoms with Gasteiger partial charge in [-0.25, -0.2) is 0 Å². The lowest BCUT2D eigenvalue weighted by molar-refractivity contribution is -0.134. The quantitative estimate of drug-likeness (QED) is 0.313. The average Bonchev–Trinajstić information content (AvgIpc) is 2.76. The van der Waals surface area contributed by atoms with Crippen molar-refractivity contribution < 1.29 is 14.3 Å². The van der Waals surface area contributed by atoms with E-state index in [1.54, 1.807) is 0 Å². The van der Waals surface area contributed by atoms with Crippen molar-refractivity contribution in [1.82, 2.24) is 5.32 Å². The first-order chi connectivity index (χ1) is 14.3. The molecule has 2 aromatic carbocycles. The van der Waals surface area contributed by atoms with Crippen molar-refractivity contribution in [2.75, 3.05) is 6.54 Å². The van der Waals surface area contributed by atoms with E-state index in [0.717, 1.165) is 37.8 Å². The van der Waals surface area contributed by atoms with Crippen LogP contribution in [0.3, 0.4) is 0 Å². The second-order valence-corrected chi connectivity index (χ2v) is 7.78. The number of ether oxygens (including phenoxy) is 2. The van der Waals surface area contributed by atoms with E-state index in [-0.39, 0.29) is 12.1 Å². The van der Waals surface area contributed by atoms with Gasteiger partial charge in [0, 0.05) is 18.9 Å². The van der Waals surface area contributed by atoms with Gasteiger partial charge in [-0.2, -0.15) is 0 Å². The normalized spacial score (nSPS) is 17.5. The zero-order valence-corrected chi connectivity index (χ0v) is 17.4. The van der Waals surface area contributed by atoms with Gasteiger partial charge in [0.2, 0.25) is 0 Å². The molecule has 0 bridgehead atoms. The van der Waals surface area contributed by atoms with Crippen molar-refractivity contribution >= 4 is 5.97 Å². The van der Waals surface area contributed by atoms with Crippen LogP contribution in [0.4, 0.5) is 0 Å². The summed E-state index contributed by atoms with van der Waals surface area (Å²) < 4.78 is 12.1. The van der Waals surface area contributed by atoms with E-state index in [2.05, 4.69) is 24.4 Å². The van der Waals surface area contributed by atoms with Gasteiger partial charge in [0.05, 0.1) is 0 Å². The number of rotatable bonds is 10. The monoisotopic (exact) mass is 395 g/mol. The first kappa shape index (κ1) is 21.4. The molecule has 0 saturated carbocycles. The van der Waals surface area contributed by atoms with E-state index in [9.17, 15) is 4.79 Å². The SMILES string of the molecule is CCCCCC(=O)Oc1ccccc1OC(CC1CCCCN1)c1ccccc1. The van der Waals surface area contributed by atoms with Gasteiger partial charge in [-0.15, -0.1) is 0 Å². The van der Waals surface area contributed by atoms with Crippen LogP contribution in [0, 0.1) is 0 Å². The molecule has 0 spiro atoms. The number of carbonyl (C=O) groups is 1. The van der Waals surface area contributed by atoms with E-state index >= 15 is 0 Å². The molecule has 156 valence electrons. The number of hydrogen-bond acceptors (Lipinski definition) is 4. The predicted molar refractivity (Wildman–Crippen MR) is 116 cm³/mol. The molecule has 0 aromatic heterocycles. The molecule has 1 fully saturated rings. The van der Waals surface area contributed by atoms with E-state index in [4.69, 9.17) is 9.47 Å². The zero-order valence-electron chi connectivity index (χ0n) is 17.4. The third-order valence-electron chi connectivity index (χ3n) is 5.41. The number of hydrogen-bond donors (Lipinski definition) is 1. The summed E-state index contributed by atoms with van der Waals surface area (Å²) in [5.41, 5.74) is 1.14. The van der Waals surface area contributed by atoms with E-state index in [0.29, 0.717) is 24.0 Å². The molecule has 1 N–H and O–H groups in total. The molecular formula is C25H33NO3. The van der Waals surface area contributed by atoms with Gasteiger partial charge >= 0.3 is 5.97 Å². The van der Waals surface area contributed by atoms with Gasteiger partial charge in [0.1, 0.15) is 6.10 Å². The average molecular weight is 396 g/mol. The van der Waals surface area contributed by atoms with Crippen molar-refractivity contribution in [3.05, 3.63) is 60.2 Å². The van der Waals surface area contributed by atoms with Crippen LogP contribution in [0.2, 0.25) is 0 Å². The molecule has 3 rings (SSSR count). The molecule has 0 amide bonds. The van der Waals surface area contributed by atoms with Crippen molar-refractivity contribution in [2.45, 2.75) is 70.4 Å². The third-order valence-corrected chi connectivity index (χ3v) is 5.41. The number of carbonyl (C=O) groups excluding carboxylic acids is 1. The molecule has 1 heterocycles. The third kappa shape index (κ3) is 6.90. The maximum absolute atomic E-state index is 12.2. The summed E-state index contributed by atoms with van der Waals surface area (Å²) in [7, 11) is 0. The molecule has 4 nitrogen and oxygen atoms in total. The zero-order chi connectivity index (χ0) is 20.3. The topological polar surface area (TPSA) is 47.6 Å². The Morgan fingerprint density at radius 1 is 1.03 bits per heavy atom. The fourth-order valence-electron chi connectivity index (χ4n) is 3.78. The van der Waals surface area contributed by atoms with E-state index in [1.165, 1.54) is 19.3 Å². The maximum atomic E-state index is 12.2. The van der Waals surface area contributed by atoms with Crippen LogP contribution in [0.15, 0.2) is 54.6 Å². The predicted octanol–water partition coefficient (Wildman–Crippen LogP) is 5.82. The van der Waals surface area contributed by atoms with Gasteiger partial charge in [0.15, 0.2) is 11.5 Å². The van der Waals surface area contributed by atoms with Gasteiger partial charge in [-0.05, 0) is 43.5 Å². The van der Waals surface area contributed by atoms with E-state index < -0.39 is 0 Å². The summed E-state index contributed by atoms with van der Waals surface area (Å²) in [6, 6.07) is 18.3. The Labute approximate surface area is 174 Å². The number of para-hydroxylation sites is 2. The fraction of sp³-hybridized carbons (Fsp3) is 0.480. The summed E-state index contributed by atoms with van der Waals surface area (Å²) >= 11 is 0. The molecule has 29 heavy (non-hydrogen) atoms. The van der Waals surface area contributed by atoms with Crippen molar-refractivity contribution in [1.29, 1.82) is 0 Å². The van der Waals surface area contributed by atoms with Crippen LogP contribution in [0.1, 0.15) is 70.0 Å². The highest BCUT2D eigenvalue weighted by Gasteiger charge is 2.23. The van der Waals surface area contributed by atoms with Gasteiger partial charge in [-0.1, -0.05) is 68.7 Å². The van der Waals surface area contributed by atoms with Gasteiger partial charge in [0.25, 0.3) is 0 Å². The number of nitrogens with one attached hydrogen (secondary N) is 1. The smallest absolute Gasteiger partial charge is 0.311 e. The molecular weight excluding hydrogens is 362 g/mol. The maximum Gasteiger partial charge on any atom is 0.311 e. The second kappa shape index (κ2) is 11.6. The number of unbranched alkanes of at least 4 members (excludes halogenated alkanes) is 2. The highest BCUT2D eigenvalue weighted by molar-refractivity contribution is 5.73. The molecule has 2 atom stereocenters. The van der Waals surface area contributed by atoms with Crippen LogP contribution in [-0.4, -0.2) is 18.6 Å². The molecule has 1 aliphatic heterocycles. The Morgan fingerprint density at radius 3 is 2.52 bits per heavy atom. The van der Waals surface area contributed by atoms with Crippen molar-refractivity contribution in [3.63, 3.8) is 0 Å². The summed E-state index contributed by atoms with van der Waals surface area (Å²) in [6.45, 7) is 3.19. The molecule has 1 aliphatic rings. The van der Waals surface area contributed by atoms with Crippen LogP contribution >= 0.6 is 0 Å². The minimum atomic E-state index is -0.195. The summed E-state index contributed by atoms with van der Waals surface area (Å²) in [5, 5.41) is 3.62. The van der Waals surface area contributed by atoms with Crippen molar-refractivity contribution in [3.8, 4) is 11.5 Å². The first-order valence-corrected chi connectivity index (χ1v) is 11.0. The van der Waals surface area contributed by atoms with Crippen molar-refractivity contribution in [2.24, 2.45) is 0 Å². The number of esters is 1.